The van der Waals surface area contributed by atoms with Gasteiger partial charge in [0.1, 0.15) is 21.3 Å². The summed E-state index contributed by atoms with van der Waals surface area (Å²) < 4.78 is 103. The fraction of sp³-hybridized carbons (Fsp3) is 0.528. The number of fused-ring (bicyclic) bond motifs is 3. The van der Waals surface area contributed by atoms with Crippen LogP contribution < -0.4 is 9.47 Å². The van der Waals surface area contributed by atoms with Crippen LogP contribution in [0.25, 0.3) is 11.1 Å². The van der Waals surface area contributed by atoms with Gasteiger partial charge in [-0.05, 0) is 154 Å². The number of thioether (sulfide) groups is 1. The van der Waals surface area contributed by atoms with Gasteiger partial charge >= 0.3 is 12.4 Å². The number of aryl methyl sites for hydroxylation is 2. The first kappa shape index (κ1) is 129. The Hall–Kier alpha value is -7.46. The minimum atomic E-state index is -5.24. The van der Waals surface area contributed by atoms with Crippen molar-refractivity contribution in [2.24, 2.45) is 16.2 Å². The molecular formula is C106H170F6O7S2. The number of hydrogen-bond donors (Lipinski definition) is 0. The molecule has 2 aliphatic rings. The van der Waals surface area contributed by atoms with Crippen LogP contribution in [0, 0.1) is 30.1 Å². The third-order valence-electron chi connectivity index (χ3n) is 17.7. The maximum absolute atomic E-state index is 12.5. The Morgan fingerprint density at radius 2 is 0.612 bits per heavy atom. The second-order valence-corrected chi connectivity index (χ2v) is 39.8. The van der Waals surface area contributed by atoms with Crippen molar-refractivity contribution >= 4 is 33.2 Å². The van der Waals surface area contributed by atoms with E-state index in [1.807, 2.05) is 99.2 Å². The molecule has 8 aromatic rings. The number of hydrogen-bond acceptors (Lipinski definition) is 8. The predicted octanol–water partition coefficient (Wildman–Crippen LogP) is 33.3. The van der Waals surface area contributed by atoms with E-state index in [1.54, 1.807) is 64.5 Å². The number of carbonyl (C=O) groups excluding carboxylic acids is 2. The summed E-state index contributed by atoms with van der Waals surface area (Å²) in [5.41, 5.74) is 14.8. The highest BCUT2D eigenvalue weighted by Crippen LogP contribution is 2.50. The third kappa shape index (κ3) is 52.1. The molecule has 0 bridgehead atoms. The molecule has 10 rings (SSSR count). The molecule has 0 aliphatic heterocycles. The van der Waals surface area contributed by atoms with Crippen LogP contribution in [0.1, 0.15) is 326 Å². The van der Waals surface area contributed by atoms with Gasteiger partial charge in [0.05, 0.1) is 14.2 Å². The molecule has 0 N–H and O–H groups in total. The van der Waals surface area contributed by atoms with E-state index in [0.29, 0.717) is 33.1 Å². The van der Waals surface area contributed by atoms with Crippen molar-refractivity contribution < 1.29 is 58.6 Å². The highest BCUT2D eigenvalue weighted by atomic mass is 32.2. The van der Waals surface area contributed by atoms with Crippen molar-refractivity contribution in [2.75, 3.05) is 53.5 Å². The van der Waals surface area contributed by atoms with E-state index in [9.17, 15) is 44.3 Å². The standard InChI is InChI=1S/C22H18O2.C15H14.2C14H22.C8H10O2.C8H16.C5H6F6.C5H12.C3H8.C2H6O2S.C2H6O.C2H6S.6CH4/c1-15-3-7-17(8-4-15)21(23)19-11-13-20(14-12-19)22(24)18-9-5-16(2)6-10-18;1-15(2)13-9-5-3-7-11(13)12-8-4-6-10-14(12)15;1-13(2,3)11-7-9-12(10-8-11)14(4,5)6;1-13(2,3)11-8-7-9-12(10-11)14(4,5)6;1-9-7-3-5-8(10-2)6-4-7;1-8(2)6-4-3-5-7-8;1-3(2,4(6,7)8)5(9,10)11;1-5(2,3)4;1-3-2;1-5(2,3)4;2*1-3-2;;;;;;/h3-14H,1-2H3;3-10H,1-2H3;2*7-10H,1-6H3;3-6H,1-2H3;3-7H2,1-2H3;1-2H3;1-4H3;3H2,1-2H3;1-2H3;2*1-2H3;6*1H4. The number of rotatable bonds is 6. The molecule has 2 aliphatic carbocycles. The van der Waals surface area contributed by atoms with Crippen molar-refractivity contribution in [3.63, 3.8) is 0 Å². The molecule has 0 unspecified atom stereocenters. The van der Waals surface area contributed by atoms with Gasteiger partial charge in [-0.2, -0.15) is 38.1 Å². The van der Waals surface area contributed by atoms with Crippen molar-refractivity contribution in [1.29, 1.82) is 0 Å². The lowest BCUT2D eigenvalue weighted by molar-refractivity contribution is -0.327. The monoisotopic (exact) mass is 1730 g/mol. The Balaban J connectivity index is -0.000000200. The number of carbonyl (C=O) groups is 2. The Labute approximate surface area is 742 Å². The van der Waals surface area contributed by atoms with Crippen LogP contribution in [0.3, 0.4) is 0 Å². The zero-order valence-corrected chi connectivity index (χ0v) is 78.3. The summed E-state index contributed by atoms with van der Waals surface area (Å²) in [7, 11) is 3.86. The summed E-state index contributed by atoms with van der Waals surface area (Å²) in [6, 6.07) is 64.6. The highest BCUT2D eigenvalue weighted by molar-refractivity contribution is 7.97. The molecule has 1 fully saturated rings. The number of benzene rings is 8. The summed E-state index contributed by atoms with van der Waals surface area (Å²) in [4.78, 5) is 24.9. The summed E-state index contributed by atoms with van der Waals surface area (Å²) >= 11 is 1.75. The van der Waals surface area contributed by atoms with Crippen molar-refractivity contribution in [1.82, 2.24) is 0 Å². The number of methoxy groups -OCH3 is 3. The molecule has 0 spiro atoms. The fourth-order valence-corrected chi connectivity index (χ4v) is 10.5. The SMILES string of the molecule is C.C.C.C.C.C.CC(C)(C(F)(F)F)C(F)(F)F.CC(C)(C)C.CC(C)(C)c1ccc(C(C)(C)C)cc1.CC(C)(C)c1cccc(C(C)(C)C)c1.CC1(C)CCCCC1.CC1(C)c2ccccc2-c2ccccc21.CCC.COC.COc1ccc(OC)cc1.CS(C)(=O)=O.CSC.Cc1ccc(C(=O)c2ccc(C(=O)c3ccc(C)cc3)cc2)cc1. The van der Waals surface area contributed by atoms with Crippen molar-refractivity contribution in [2.45, 2.75) is 303 Å². The molecule has 1 saturated carbocycles. The quantitative estimate of drug-likeness (QED) is 0.120. The summed E-state index contributed by atoms with van der Waals surface area (Å²) in [5.74, 6) is 1.62. The van der Waals surface area contributed by atoms with E-state index in [0.717, 1.165) is 35.1 Å². The smallest absolute Gasteiger partial charge is 0.402 e. The first-order chi connectivity index (χ1) is 52.5. The highest BCUT2D eigenvalue weighted by Gasteiger charge is 2.64. The minimum absolute atomic E-state index is 0. The van der Waals surface area contributed by atoms with Gasteiger partial charge in [-0.3, -0.25) is 9.59 Å². The maximum Gasteiger partial charge on any atom is 0.402 e. The van der Waals surface area contributed by atoms with Crippen molar-refractivity contribution in [3.05, 3.63) is 261 Å². The van der Waals surface area contributed by atoms with Gasteiger partial charge in [0, 0.05) is 54.4 Å². The molecule has 0 aromatic heterocycles. The normalized spacial score (nSPS) is 12.4. The zero-order chi connectivity index (χ0) is 89.6. The molecule has 0 amide bonds. The molecule has 121 heavy (non-hydrogen) atoms. The molecular weight excluding hydrogens is 1560 g/mol. The zero-order valence-electron chi connectivity index (χ0n) is 76.7. The average molecular weight is 1730 g/mol. The van der Waals surface area contributed by atoms with E-state index in [1.165, 1.54) is 83.0 Å². The molecule has 0 heterocycles. The lowest BCUT2D eigenvalue weighted by Gasteiger charge is -2.29. The first-order valence-electron chi connectivity index (χ1n) is 39.5. The van der Waals surface area contributed by atoms with Crippen LogP contribution >= 0.6 is 11.8 Å². The van der Waals surface area contributed by atoms with Crippen LogP contribution in [-0.4, -0.2) is 85.8 Å². The van der Waals surface area contributed by atoms with E-state index in [2.05, 4.69) is 254 Å². The number of ketones is 2. The van der Waals surface area contributed by atoms with Crippen LogP contribution in [0.15, 0.2) is 194 Å². The van der Waals surface area contributed by atoms with Crippen LogP contribution in [0.2, 0.25) is 0 Å². The van der Waals surface area contributed by atoms with Gasteiger partial charge < -0.3 is 14.2 Å². The lowest BCUT2D eigenvalue weighted by atomic mass is 9.78. The molecule has 0 saturated heterocycles. The average Bonchev–Trinajstić information content (AvgIpc) is 1.59. The van der Waals surface area contributed by atoms with Gasteiger partial charge in [0.15, 0.2) is 17.0 Å². The van der Waals surface area contributed by atoms with E-state index in [-0.39, 0.29) is 97.0 Å². The van der Waals surface area contributed by atoms with Crippen molar-refractivity contribution in [3.8, 4) is 22.6 Å². The van der Waals surface area contributed by atoms with E-state index in [4.69, 9.17) is 9.47 Å². The van der Waals surface area contributed by atoms with Crippen LogP contribution in [0.4, 0.5) is 26.3 Å². The first-order valence-corrected chi connectivity index (χ1v) is 43.4. The number of halogens is 6. The molecule has 690 valence electrons. The number of alkyl halides is 6. The van der Waals surface area contributed by atoms with Gasteiger partial charge in [-0.1, -0.05) is 404 Å². The molecule has 15 heteroatoms. The summed E-state index contributed by atoms with van der Waals surface area (Å²) in [5, 5.41) is 0. The Morgan fingerprint density at radius 1 is 0.388 bits per heavy atom. The lowest BCUT2D eigenvalue weighted by Crippen LogP contribution is -2.44. The summed E-state index contributed by atoms with van der Waals surface area (Å²) in [6.07, 6.45) is 4.47. The number of ether oxygens (including phenoxy) is 3. The predicted molar refractivity (Wildman–Crippen MR) is 524 cm³/mol. The molecule has 0 radical (unpaired) electrons. The molecule has 0 atom stereocenters. The van der Waals surface area contributed by atoms with E-state index >= 15 is 0 Å². The third-order valence-corrected chi connectivity index (χ3v) is 17.7. The topological polar surface area (TPSA) is 96.0 Å². The largest absolute Gasteiger partial charge is 0.497 e. The van der Waals surface area contributed by atoms with E-state index < -0.39 is 27.6 Å². The van der Waals surface area contributed by atoms with Gasteiger partial charge in [0.2, 0.25) is 0 Å². The Morgan fingerprint density at radius 3 is 0.802 bits per heavy atom. The van der Waals surface area contributed by atoms with Crippen LogP contribution in [0.5, 0.6) is 11.5 Å². The minimum Gasteiger partial charge on any atom is -0.497 e. The second-order valence-electron chi connectivity index (χ2n) is 36.7. The maximum atomic E-state index is 12.5. The van der Waals surface area contributed by atoms with Gasteiger partial charge in [0.25, 0.3) is 0 Å². The number of sulfone groups is 1. The Bertz CT molecular complexity index is 3890. The fourth-order valence-electron chi connectivity index (χ4n) is 10.5. The Kier molecular flexibility index (Phi) is 62.6. The van der Waals surface area contributed by atoms with Crippen LogP contribution in [-0.2, 0) is 41.6 Å². The van der Waals surface area contributed by atoms with Gasteiger partial charge in [-0.15, -0.1) is 0 Å². The molecule has 8 aromatic carbocycles. The summed E-state index contributed by atoms with van der Waals surface area (Å²) in [6.45, 7) is 53.6. The second kappa shape index (κ2) is 58.6. The molecule has 7 nitrogen and oxygen atoms in total. The van der Waals surface area contributed by atoms with Gasteiger partial charge in [-0.25, -0.2) is 8.42 Å².